The zero-order valence-corrected chi connectivity index (χ0v) is 24.5. The summed E-state index contributed by atoms with van der Waals surface area (Å²) >= 11 is 0.555. The smallest absolute Gasteiger partial charge is 0.0916 e. The van der Waals surface area contributed by atoms with E-state index >= 15 is 0 Å². The van der Waals surface area contributed by atoms with E-state index in [0.29, 0.717) is 39.2 Å². The van der Waals surface area contributed by atoms with Gasteiger partial charge in [0.05, 0.1) is 10.1 Å². The number of para-hydroxylation sites is 1. The molecule has 0 bridgehead atoms. The molecular formula is C25H41NO3PPdS. The molecule has 185 valence electrons. The molecule has 7 heteroatoms. The molecular weight excluding hydrogens is 532 g/mol. The average Bonchev–Trinajstić information content (AvgIpc) is 2.55. The van der Waals surface area contributed by atoms with Gasteiger partial charge in [-0.1, -0.05) is 0 Å². The van der Waals surface area contributed by atoms with Gasteiger partial charge in [0, 0.05) is 6.26 Å². The Morgan fingerprint density at radius 3 is 1.47 bits per heavy atom. The summed E-state index contributed by atoms with van der Waals surface area (Å²) in [7, 11) is -3.92. The summed E-state index contributed by atoms with van der Waals surface area (Å²) in [4.78, 5) is 0. The van der Waals surface area contributed by atoms with Crippen LogP contribution in [-0.4, -0.2) is 34.7 Å². The van der Waals surface area contributed by atoms with Crippen LogP contribution in [0, 0.1) is 0 Å². The Bertz CT molecular complexity index is 972. The van der Waals surface area contributed by atoms with E-state index in [1.54, 1.807) is 0 Å². The van der Waals surface area contributed by atoms with Crippen molar-refractivity contribution >= 4 is 25.3 Å². The fourth-order valence-electron chi connectivity index (χ4n) is 5.33. The fraction of sp³-hybridized carbons (Fsp3) is 0.520. The monoisotopic (exact) mass is 572 g/mol. The normalized spacial score (nSPS) is 14.0. The molecule has 0 unspecified atom stereocenters. The SMILES string of the molecule is CC(C)(C)[PH]([Pd+][c]1ccccc1-c1ccccc1N)(C(C)(C)C)C(C)(C)C.CS(=O)(=O)[O-]. The number of anilines is 1. The van der Waals surface area contributed by atoms with Crippen molar-refractivity contribution in [3.8, 4) is 11.1 Å². The number of hydrogen-bond donors (Lipinski definition) is 1. The third-order valence-electron chi connectivity index (χ3n) is 5.26. The predicted molar refractivity (Wildman–Crippen MR) is 139 cm³/mol. The van der Waals surface area contributed by atoms with Crippen LogP contribution < -0.4 is 9.77 Å². The van der Waals surface area contributed by atoms with Crippen molar-refractivity contribution in [3.05, 3.63) is 48.5 Å². The second-order valence-corrected chi connectivity index (χ2v) is 24.0. The van der Waals surface area contributed by atoms with Crippen molar-refractivity contribution in [3.63, 3.8) is 0 Å². The number of rotatable bonds is 3. The molecule has 2 rings (SSSR count). The van der Waals surface area contributed by atoms with E-state index in [4.69, 9.17) is 18.7 Å². The van der Waals surface area contributed by atoms with Gasteiger partial charge >= 0.3 is 176 Å². The summed E-state index contributed by atoms with van der Waals surface area (Å²) in [6.45, 7) is 22.3. The van der Waals surface area contributed by atoms with Gasteiger partial charge in [0.1, 0.15) is 0 Å². The van der Waals surface area contributed by atoms with Crippen molar-refractivity contribution in [1.82, 2.24) is 0 Å². The van der Waals surface area contributed by atoms with E-state index in [1.165, 1.54) is 15.2 Å². The molecule has 0 aliphatic heterocycles. The van der Waals surface area contributed by atoms with E-state index in [0.717, 1.165) is 5.69 Å². The molecule has 0 spiro atoms. The first-order chi connectivity index (χ1) is 14.2. The fourth-order valence-corrected chi connectivity index (χ4v) is 21.8. The van der Waals surface area contributed by atoms with Crippen LogP contribution in [0.2, 0.25) is 0 Å². The zero-order chi connectivity index (χ0) is 25.2. The van der Waals surface area contributed by atoms with Crippen LogP contribution in [0.5, 0.6) is 0 Å². The summed E-state index contributed by atoms with van der Waals surface area (Å²) in [5.41, 5.74) is 7.91. The van der Waals surface area contributed by atoms with Crippen LogP contribution in [0.25, 0.3) is 11.1 Å². The Morgan fingerprint density at radius 2 is 1.09 bits per heavy atom. The Balaban J connectivity index is 0.000000920. The Hall–Kier alpha value is -0.758. The first kappa shape index (κ1) is 29.3. The second-order valence-electron chi connectivity index (χ2n) is 11.2. The standard InChI is InChI=1S/C12H10N.C12H27P.CH4O3S.Pd/c13-12-9-5-4-8-11(12)10-6-2-1-3-7-10;1-10(2,3)13(11(4,5)6)12(7,8)9;1-5(2,3)4;/h1-6,8-9H,13H2;1-9H3;1H3,(H,2,3,4);. The molecule has 4 nitrogen and oxygen atoms in total. The van der Waals surface area contributed by atoms with Gasteiger partial charge in [-0.3, -0.25) is 0 Å². The Morgan fingerprint density at radius 1 is 0.750 bits per heavy atom. The predicted octanol–water partition coefficient (Wildman–Crippen LogP) is 5.87. The van der Waals surface area contributed by atoms with Crippen LogP contribution >= 0.6 is 5.45 Å². The molecule has 2 aromatic rings. The topological polar surface area (TPSA) is 83.2 Å². The van der Waals surface area contributed by atoms with Crippen LogP contribution in [-0.2, 0) is 27.6 Å². The van der Waals surface area contributed by atoms with Crippen molar-refractivity contribution in [2.45, 2.75) is 77.8 Å². The van der Waals surface area contributed by atoms with Gasteiger partial charge in [0.15, 0.2) is 0 Å². The van der Waals surface area contributed by atoms with E-state index in [2.05, 4.69) is 98.7 Å². The van der Waals surface area contributed by atoms with Crippen molar-refractivity contribution in [1.29, 1.82) is 0 Å². The Kier molecular flexibility index (Phi) is 9.37. The average molecular weight is 573 g/mol. The largest absolute Gasteiger partial charge is 0.748 e. The number of benzene rings is 2. The molecule has 0 aliphatic rings. The summed E-state index contributed by atoms with van der Waals surface area (Å²) < 4.78 is 28.7. The number of hydrogen-bond acceptors (Lipinski definition) is 4. The zero-order valence-electron chi connectivity index (χ0n) is 21.1. The van der Waals surface area contributed by atoms with E-state index in [9.17, 15) is 0 Å². The maximum Gasteiger partial charge on any atom is 0.0916 e. The first-order valence-electron chi connectivity index (χ1n) is 10.7. The quantitative estimate of drug-likeness (QED) is 0.216. The van der Waals surface area contributed by atoms with E-state index in [-0.39, 0.29) is 0 Å². The summed E-state index contributed by atoms with van der Waals surface area (Å²) in [6.07, 6.45) is 0.604. The van der Waals surface area contributed by atoms with Crippen molar-refractivity contribution in [2.24, 2.45) is 0 Å². The number of nitrogens with two attached hydrogens (primary N) is 1. The molecule has 0 saturated carbocycles. The molecule has 0 atom stereocenters. The number of nitrogen functional groups attached to an aromatic ring is 1. The maximum atomic E-state index is 9.08. The van der Waals surface area contributed by atoms with Crippen LogP contribution in [0.1, 0.15) is 62.3 Å². The minimum absolute atomic E-state index is 0.299. The maximum absolute atomic E-state index is 9.08. The molecule has 2 aromatic carbocycles. The minimum Gasteiger partial charge on any atom is -0.748 e. The Labute approximate surface area is 204 Å². The van der Waals surface area contributed by atoms with Gasteiger partial charge in [0.2, 0.25) is 0 Å². The van der Waals surface area contributed by atoms with Gasteiger partial charge in [-0.2, -0.15) is 0 Å². The van der Waals surface area contributed by atoms with Gasteiger partial charge in [-0.15, -0.1) is 0 Å². The molecule has 0 aromatic heterocycles. The molecule has 0 fully saturated rings. The van der Waals surface area contributed by atoms with Crippen LogP contribution in [0.4, 0.5) is 5.69 Å². The van der Waals surface area contributed by atoms with Gasteiger partial charge in [-0.25, -0.2) is 8.42 Å². The summed E-state index contributed by atoms with van der Waals surface area (Å²) in [6, 6.07) is 17.2. The summed E-state index contributed by atoms with van der Waals surface area (Å²) in [5.74, 6) is 0. The molecule has 0 saturated heterocycles. The molecule has 32 heavy (non-hydrogen) atoms. The van der Waals surface area contributed by atoms with Crippen molar-refractivity contribution < 1.29 is 30.5 Å². The third kappa shape index (κ3) is 7.12. The van der Waals surface area contributed by atoms with Crippen LogP contribution in [0.3, 0.4) is 0 Å². The van der Waals surface area contributed by atoms with E-state index < -0.39 is 15.6 Å². The molecule has 0 amide bonds. The van der Waals surface area contributed by atoms with Gasteiger partial charge < -0.3 is 4.55 Å². The van der Waals surface area contributed by atoms with E-state index in [1.807, 2.05) is 12.1 Å². The third-order valence-corrected chi connectivity index (χ3v) is 25.8. The molecule has 0 aliphatic carbocycles. The summed E-state index contributed by atoms with van der Waals surface area (Å²) in [5, 5.41) is 0.897. The van der Waals surface area contributed by atoms with Gasteiger partial charge in [0.25, 0.3) is 0 Å². The van der Waals surface area contributed by atoms with Crippen molar-refractivity contribution in [2.75, 3.05) is 12.0 Å². The second kappa shape index (κ2) is 10.2. The molecule has 2 N–H and O–H groups in total. The molecule has 0 heterocycles. The van der Waals surface area contributed by atoms with Crippen LogP contribution in [0.15, 0.2) is 48.5 Å². The van der Waals surface area contributed by atoms with Gasteiger partial charge in [-0.05, 0) is 0 Å². The molecule has 0 radical (unpaired) electrons. The first-order valence-corrected chi connectivity index (χ1v) is 17.4. The minimum atomic E-state index is -3.92.